The molecule has 0 saturated heterocycles. The lowest BCUT2D eigenvalue weighted by Gasteiger charge is -2.17. The molecule has 1 aromatic heterocycles. The molecule has 22 heavy (non-hydrogen) atoms. The van der Waals surface area contributed by atoms with Crippen LogP contribution < -0.4 is 5.32 Å². The third kappa shape index (κ3) is 4.14. The van der Waals surface area contributed by atoms with E-state index in [0.29, 0.717) is 18.0 Å². The second-order valence-electron chi connectivity index (χ2n) is 5.61. The molecule has 2 N–H and O–H groups in total. The van der Waals surface area contributed by atoms with Crippen LogP contribution in [0.2, 0.25) is 0 Å². The molecule has 0 fully saturated rings. The molecule has 2 aromatic rings. The van der Waals surface area contributed by atoms with Crippen LogP contribution in [0.1, 0.15) is 30.8 Å². The number of aliphatic hydroxyl groups is 1. The van der Waals surface area contributed by atoms with Gasteiger partial charge < -0.3 is 10.4 Å². The summed E-state index contributed by atoms with van der Waals surface area (Å²) in [4.78, 5) is 12.1. The van der Waals surface area contributed by atoms with Gasteiger partial charge in [-0.2, -0.15) is 5.10 Å². The van der Waals surface area contributed by atoms with E-state index in [1.54, 1.807) is 24.4 Å². The zero-order chi connectivity index (χ0) is 16.1. The van der Waals surface area contributed by atoms with Gasteiger partial charge in [0.15, 0.2) is 5.69 Å². The minimum Gasteiger partial charge on any atom is -0.394 e. The van der Waals surface area contributed by atoms with E-state index in [4.69, 9.17) is 0 Å². The quantitative estimate of drug-likeness (QED) is 0.859. The average Bonchev–Trinajstić information content (AvgIpc) is 2.96. The topological polar surface area (TPSA) is 67.2 Å². The van der Waals surface area contributed by atoms with Gasteiger partial charge in [-0.1, -0.05) is 19.9 Å². The van der Waals surface area contributed by atoms with Crippen molar-refractivity contribution in [2.75, 3.05) is 6.61 Å². The summed E-state index contributed by atoms with van der Waals surface area (Å²) in [5.41, 5.74) is 0.770. The fraction of sp³-hybridized carbons (Fsp3) is 0.375. The molecular formula is C16H20FN3O2. The molecule has 5 nitrogen and oxygen atoms in total. The van der Waals surface area contributed by atoms with Crippen LogP contribution in [0.5, 0.6) is 0 Å². The number of aliphatic hydroxyl groups excluding tert-OH is 1. The minimum atomic E-state index is -0.365. The SMILES string of the molecule is CC(C)CC(CO)NC(=O)c1ccn(-c2cccc(F)c2)n1. The molecule has 2 rings (SSSR count). The van der Waals surface area contributed by atoms with Crippen molar-refractivity contribution in [2.24, 2.45) is 5.92 Å². The van der Waals surface area contributed by atoms with E-state index in [0.717, 1.165) is 0 Å². The van der Waals surface area contributed by atoms with Gasteiger partial charge in [0.25, 0.3) is 5.91 Å². The Morgan fingerprint density at radius 3 is 2.82 bits per heavy atom. The summed E-state index contributed by atoms with van der Waals surface area (Å²) in [5, 5.41) is 16.2. The standard InChI is InChI=1S/C16H20FN3O2/c1-11(2)8-13(10-21)18-16(22)15-6-7-20(19-15)14-5-3-4-12(17)9-14/h3-7,9,11,13,21H,8,10H2,1-2H3,(H,18,22). The number of rotatable bonds is 6. The van der Waals surface area contributed by atoms with Crippen molar-refractivity contribution < 1.29 is 14.3 Å². The zero-order valence-electron chi connectivity index (χ0n) is 12.7. The van der Waals surface area contributed by atoms with Gasteiger partial charge >= 0.3 is 0 Å². The highest BCUT2D eigenvalue weighted by Gasteiger charge is 2.16. The molecule has 1 heterocycles. The predicted octanol–water partition coefficient (Wildman–Crippen LogP) is 2.15. The Bertz CT molecular complexity index is 640. The Kier molecular flexibility index (Phi) is 5.27. The van der Waals surface area contributed by atoms with Crippen LogP contribution >= 0.6 is 0 Å². The predicted molar refractivity (Wildman–Crippen MR) is 81.3 cm³/mol. The maximum atomic E-state index is 13.2. The maximum Gasteiger partial charge on any atom is 0.272 e. The summed E-state index contributed by atoms with van der Waals surface area (Å²) in [6.45, 7) is 3.93. The van der Waals surface area contributed by atoms with E-state index < -0.39 is 0 Å². The second-order valence-corrected chi connectivity index (χ2v) is 5.61. The van der Waals surface area contributed by atoms with Crippen LogP contribution in [-0.4, -0.2) is 33.4 Å². The van der Waals surface area contributed by atoms with E-state index in [9.17, 15) is 14.3 Å². The van der Waals surface area contributed by atoms with Crippen molar-refractivity contribution in [3.05, 3.63) is 48.0 Å². The lowest BCUT2D eigenvalue weighted by molar-refractivity contribution is 0.0903. The van der Waals surface area contributed by atoms with Crippen molar-refractivity contribution in [1.29, 1.82) is 0 Å². The van der Waals surface area contributed by atoms with E-state index in [-0.39, 0.29) is 30.1 Å². The molecule has 0 saturated carbocycles. The van der Waals surface area contributed by atoms with Crippen LogP contribution in [0.15, 0.2) is 36.5 Å². The maximum absolute atomic E-state index is 13.2. The summed E-state index contributed by atoms with van der Waals surface area (Å²) in [6, 6.07) is 7.22. The summed E-state index contributed by atoms with van der Waals surface area (Å²) >= 11 is 0. The fourth-order valence-electron chi connectivity index (χ4n) is 2.21. The number of hydrogen-bond donors (Lipinski definition) is 2. The van der Waals surface area contributed by atoms with Crippen LogP contribution in [0, 0.1) is 11.7 Å². The Hall–Kier alpha value is -2.21. The Labute approximate surface area is 128 Å². The van der Waals surface area contributed by atoms with Crippen LogP contribution in [-0.2, 0) is 0 Å². The zero-order valence-corrected chi connectivity index (χ0v) is 12.7. The van der Waals surface area contributed by atoms with Crippen molar-refractivity contribution >= 4 is 5.91 Å². The first-order valence-corrected chi connectivity index (χ1v) is 7.23. The van der Waals surface area contributed by atoms with Gasteiger partial charge in [-0.25, -0.2) is 9.07 Å². The number of carbonyl (C=O) groups is 1. The normalized spacial score (nSPS) is 12.4. The largest absolute Gasteiger partial charge is 0.394 e. The van der Waals surface area contributed by atoms with E-state index in [2.05, 4.69) is 10.4 Å². The van der Waals surface area contributed by atoms with E-state index in [1.165, 1.54) is 16.8 Å². The first kappa shape index (κ1) is 16.2. The third-order valence-electron chi connectivity index (χ3n) is 3.21. The molecule has 0 aliphatic heterocycles. The Morgan fingerprint density at radius 1 is 1.41 bits per heavy atom. The fourth-order valence-corrected chi connectivity index (χ4v) is 2.21. The van der Waals surface area contributed by atoms with Gasteiger partial charge in [-0.3, -0.25) is 4.79 Å². The number of benzene rings is 1. The van der Waals surface area contributed by atoms with Crippen molar-refractivity contribution in [3.8, 4) is 5.69 Å². The number of amides is 1. The first-order chi connectivity index (χ1) is 10.5. The van der Waals surface area contributed by atoms with Crippen molar-refractivity contribution in [3.63, 3.8) is 0 Å². The molecule has 118 valence electrons. The lowest BCUT2D eigenvalue weighted by Crippen LogP contribution is -2.38. The molecule has 1 aromatic carbocycles. The molecule has 0 bridgehead atoms. The van der Waals surface area contributed by atoms with Crippen LogP contribution in [0.4, 0.5) is 4.39 Å². The van der Waals surface area contributed by atoms with Crippen LogP contribution in [0.25, 0.3) is 5.69 Å². The molecule has 0 spiro atoms. The first-order valence-electron chi connectivity index (χ1n) is 7.23. The van der Waals surface area contributed by atoms with Gasteiger partial charge in [0.1, 0.15) is 5.82 Å². The Balaban J connectivity index is 2.09. The molecule has 0 aliphatic rings. The van der Waals surface area contributed by atoms with E-state index in [1.807, 2.05) is 13.8 Å². The van der Waals surface area contributed by atoms with Gasteiger partial charge in [0, 0.05) is 6.20 Å². The summed E-state index contributed by atoms with van der Waals surface area (Å²) in [7, 11) is 0. The second kappa shape index (κ2) is 7.17. The molecule has 1 atom stereocenters. The smallest absolute Gasteiger partial charge is 0.272 e. The van der Waals surface area contributed by atoms with Gasteiger partial charge in [-0.15, -0.1) is 0 Å². The number of carbonyl (C=O) groups excluding carboxylic acids is 1. The minimum absolute atomic E-state index is 0.117. The highest BCUT2D eigenvalue weighted by Crippen LogP contribution is 2.10. The number of nitrogens with zero attached hydrogens (tertiary/aromatic N) is 2. The molecule has 6 heteroatoms. The number of aromatic nitrogens is 2. The monoisotopic (exact) mass is 305 g/mol. The Morgan fingerprint density at radius 2 is 2.18 bits per heavy atom. The number of hydrogen-bond acceptors (Lipinski definition) is 3. The molecular weight excluding hydrogens is 285 g/mol. The molecule has 0 radical (unpaired) electrons. The van der Waals surface area contributed by atoms with Crippen LogP contribution in [0.3, 0.4) is 0 Å². The highest BCUT2D eigenvalue weighted by molar-refractivity contribution is 5.92. The molecule has 1 unspecified atom stereocenters. The third-order valence-corrected chi connectivity index (χ3v) is 3.21. The van der Waals surface area contributed by atoms with Gasteiger partial charge in [0.05, 0.1) is 18.3 Å². The summed E-state index contributed by atoms with van der Waals surface area (Å²) in [5.74, 6) is -0.353. The lowest BCUT2D eigenvalue weighted by atomic mass is 10.0. The summed E-state index contributed by atoms with van der Waals surface area (Å²) in [6.07, 6.45) is 2.28. The number of halogens is 1. The van der Waals surface area contributed by atoms with Crippen molar-refractivity contribution in [1.82, 2.24) is 15.1 Å². The average molecular weight is 305 g/mol. The number of nitrogens with one attached hydrogen (secondary N) is 1. The molecule has 0 aliphatic carbocycles. The van der Waals surface area contributed by atoms with Crippen molar-refractivity contribution in [2.45, 2.75) is 26.3 Å². The van der Waals surface area contributed by atoms with E-state index >= 15 is 0 Å². The molecule has 1 amide bonds. The van der Waals surface area contributed by atoms with Gasteiger partial charge in [0.2, 0.25) is 0 Å². The van der Waals surface area contributed by atoms with Gasteiger partial charge in [-0.05, 0) is 36.6 Å². The highest BCUT2D eigenvalue weighted by atomic mass is 19.1. The summed E-state index contributed by atoms with van der Waals surface area (Å²) < 4.78 is 14.6.